The van der Waals surface area contributed by atoms with Crippen molar-refractivity contribution < 1.29 is 19.2 Å². The number of guanidine groups is 1. The van der Waals surface area contributed by atoms with Gasteiger partial charge < -0.3 is 27.8 Å². The number of hydrogen-bond acceptors (Lipinski definition) is 5. The Labute approximate surface area is 226 Å². The van der Waals surface area contributed by atoms with Crippen LogP contribution in [0.5, 0.6) is 0 Å². The van der Waals surface area contributed by atoms with Crippen molar-refractivity contribution in [2.75, 3.05) is 6.54 Å². The van der Waals surface area contributed by atoms with Gasteiger partial charge in [-0.3, -0.25) is 24.2 Å². The lowest BCUT2D eigenvalue weighted by molar-refractivity contribution is -0.128. The lowest BCUT2D eigenvalue weighted by Crippen LogP contribution is -2.53. The molecule has 0 bridgehead atoms. The van der Waals surface area contributed by atoms with E-state index in [1.54, 1.807) is 42.5 Å². The molecule has 10 heteroatoms. The Kier molecular flexibility index (Phi) is 10.3. The summed E-state index contributed by atoms with van der Waals surface area (Å²) in [6.07, 6.45) is 0.761. The zero-order valence-electron chi connectivity index (χ0n) is 21.4. The topological polar surface area (TPSA) is 183 Å². The van der Waals surface area contributed by atoms with Crippen LogP contribution < -0.4 is 27.8 Å². The van der Waals surface area contributed by atoms with Gasteiger partial charge in [-0.2, -0.15) is 0 Å². The number of nitrogens with one attached hydrogen (secondary N) is 2. The molecule has 3 aromatic rings. The minimum absolute atomic E-state index is 0.0865. The molecule has 3 aromatic carbocycles. The molecule has 0 radical (unpaired) electrons. The molecule has 0 fully saturated rings. The Balaban J connectivity index is 1.76. The highest BCUT2D eigenvalue weighted by Crippen LogP contribution is 2.13. The number of rotatable bonds is 13. The number of amides is 3. The Morgan fingerprint density at radius 1 is 0.718 bits per heavy atom. The first kappa shape index (κ1) is 28.6. The Hall–Kier alpha value is -4.99. The van der Waals surface area contributed by atoms with Crippen molar-refractivity contribution in [1.82, 2.24) is 10.6 Å². The Bertz CT molecular complexity index is 1320. The molecule has 0 spiro atoms. The predicted octanol–water partition coefficient (Wildman–Crippen LogP) is 1.28. The van der Waals surface area contributed by atoms with E-state index in [0.29, 0.717) is 17.5 Å². The molecule has 0 unspecified atom stereocenters. The number of nitrogens with two attached hydrogens (primary N) is 3. The van der Waals surface area contributed by atoms with Crippen molar-refractivity contribution in [2.24, 2.45) is 22.2 Å². The number of carbonyl (C=O) groups excluding carboxylic acids is 4. The standard InChI is InChI=1S/C29H32N6O4/c30-26(37)24(17-19-9-3-1-4-10-19)35-28(39)23(15-8-16-33-29(31)32)34-27(38)22-14-7-13-21(18-22)25(36)20-11-5-2-6-12-20/h1-7,9-14,18,23-24H,8,15-17H2,(H2,30,37)(H,34,38)(H,35,39)(H4,31,32,33)/t23-,24-/m0/s1. The number of nitrogens with zero attached hydrogens (tertiary/aromatic N) is 1. The van der Waals surface area contributed by atoms with Gasteiger partial charge in [0, 0.05) is 29.7 Å². The minimum Gasteiger partial charge on any atom is -0.370 e. The molecule has 8 N–H and O–H groups in total. The first-order valence-corrected chi connectivity index (χ1v) is 12.4. The van der Waals surface area contributed by atoms with Crippen LogP contribution in [0.4, 0.5) is 0 Å². The predicted molar refractivity (Wildman–Crippen MR) is 149 cm³/mol. The monoisotopic (exact) mass is 528 g/mol. The highest BCUT2D eigenvalue weighted by molar-refractivity contribution is 6.10. The summed E-state index contributed by atoms with van der Waals surface area (Å²) in [5.74, 6) is -2.16. The number of primary amides is 1. The number of benzene rings is 3. The minimum atomic E-state index is -1.02. The largest absolute Gasteiger partial charge is 0.370 e. The molecule has 0 saturated heterocycles. The molecule has 202 valence electrons. The molecule has 3 rings (SSSR count). The van der Waals surface area contributed by atoms with E-state index in [4.69, 9.17) is 17.2 Å². The van der Waals surface area contributed by atoms with E-state index >= 15 is 0 Å². The van der Waals surface area contributed by atoms with Crippen molar-refractivity contribution in [2.45, 2.75) is 31.3 Å². The second-order valence-corrected chi connectivity index (χ2v) is 8.90. The van der Waals surface area contributed by atoms with E-state index in [1.165, 1.54) is 6.07 Å². The lowest BCUT2D eigenvalue weighted by Gasteiger charge is -2.22. The fraction of sp³-hybridized carbons (Fsp3) is 0.207. The molecular formula is C29H32N6O4. The number of hydrogen-bond donors (Lipinski definition) is 5. The molecule has 0 aliphatic rings. The number of ketones is 1. The lowest BCUT2D eigenvalue weighted by atomic mass is 10.0. The van der Waals surface area contributed by atoms with Gasteiger partial charge in [-0.15, -0.1) is 0 Å². The molecule has 2 atom stereocenters. The second-order valence-electron chi connectivity index (χ2n) is 8.90. The maximum absolute atomic E-state index is 13.2. The van der Waals surface area contributed by atoms with Crippen LogP contribution in [0.25, 0.3) is 0 Å². The smallest absolute Gasteiger partial charge is 0.251 e. The normalized spacial score (nSPS) is 12.0. The summed E-state index contributed by atoms with van der Waals surface area (Å²) >= 11 is 0. The van der Waals surface area contributed by atoms with Crippen molar-refractivity contribution in [3.05, 3.63) is 107 Å². The Morgan fingerprint density at radius 3 is 1.97 bits per heavy atom. The van der Waals surface area contributed by atoms with Crippen LogP contribution >= 0.6 is 0 Å². The van der Waals surface area contributed by atoms with Gasteiger partial charge in [-0.25, -0.2) is 0 Å². The van der Waals surface area contributed by atoms with Crippen molar-refractivity contribution >= 4 is 29.5 Å². The molecule has 0 heterocycles. The molecule has 3 amide bonds. The molecule has 0 saturated carbocycles. The van der Waals surface area contributed by atoms with Crippen LogP contribution in [-0.4, -0.2) is 48.1 Å². The van der Waals surface area contributed by atoms with Gasteiger partial charge in [0.25, 0.3) is 5.91 Å². The van der Waals surface area contributed by atoms with E-state index in [1.807, 2.05) is 36.4 Å². The van der Waals surface area contributed by atoms with Gasteiger partial charge in [0.15, 0.2) is 11.7 Å². The first-order chi connectivity index (χ1) is 18.7. The van der Waals surface area contributed by atoms with Gasteiger partial charge in [0.2, 0.25) is 11.8 Å². The van der Waals surface area contributed by atoms with Gasteiger partial charge in [-0.1, -0.05) is 72.8 Å². The van der Waals surface area contributed by atoms with E-state index in [2.05, 4.69) is 15.6 Å². The summed E-state index contributed by atoms with van der Waals surface area (Å²) in [4.78, 5) is 55.3. The molecule has 0 aliphatic carbocycles. The van der Waals surface area contributed by atoms with Crippen molar-refractivity contribution in [3.8, 4) is 0 Å². The van der Waals surface area contributed by atoms with Gasteiger partial charge >= 0.3 is 0 Å². The highest BCUT2D eigenvalue weighted by Gasteiger charge is 2.26. The van der Waals surface area contributed by atoms with Crippen molar-refractivity contribution in [3.63, 3.8) is 0 Å². The third-order valence-corrected chi connectivity index (χ3v) is 5.93. The van der Waals surface area contributed by atoms with E-state index < -0.39 is 29.8 Å². The summed E-state index contributed by atoms with van der Waals surface area (Å²) in [6.45, 7) is 0.242. The fourth-order valence-corrected chi connectivity index (χ4v) is 3.92. The van der Waals surface area contributed by atoms with E-state index in [-0.39, 0.29) is 36.7 Å². The second kappa shape index (κ2) is 14.1. The molecule has 0 aromatic heterocycles. The quantitative estimate of drug-likeness (QED) is 0.0963. The molecule has 0 aliphatic heterocycles. The molecule has 10 nitrogen and oxygen atoms in total. The molecular weight excluding hydrogens is 496 g/mol. The van der Waals surface area contributed by atoms with Crippen LogP contribution in [-0.2, 0) is 16.0 Å². The van der Waals surface area contributed by atoms with Crippen LogP contribution in [0, 0.1) is 0 Å². The Morgan fingerprint density at radius 2 is 1.33 bits per heavy atom. The van der Waals surface area contributed by atoms with Crippen LogP contribution in [0.3, 0.4) is 0 Å². The van der Waals surface area contributed by atoms with Gasteiger partial charge in [0.05, 0.1) is 0 Å². The van der Waals surface area contributed by atoms with Gasteiger partial charge in [0.1, 0.15) is 12.1 Å². The van der Waals surface area contributed by atoms with Crippen molar-refractivity contribution in [1.29, 1.82) is 0 Å². The number of carbonyl (C=O) groups is 4. The zero-order chi connectivity index (χ0) is 28.2. The summed E-state index contributed by atoms with van der Waals surface area (Å²) in [5.41, 5.74) is 18.2. The summed E-state index contributed by atoms with van der Waals surface area (Å²) in [6, 6.07) is 22.1. The summed E-state index contributed by atoms with van der Waals surface area (Å²) in [5, 5.41) is 5.37. The summed E-state index contributed by atoms with van der Waals surface area (Å²) in [7, 11) is 0. The average molecular weight is 529 g/mol. The summed E-state index contributed by atoms with van der Waals surface area (Å²) < 4.78 is 0. The van der Waals surface area contributed by atoms with E-state index in [0.717, 1.165) is 5.56 Å². The van der Waals surface area contributed by atoms with Gasteiger partial charge in [-0.05, 0) is 30.5 Å². The van der Waals surface area contributed by atoms with Crippen LogP contribution in [0.15, 0.2) is 89.9 Å². The zero-order valence-corrected chi connectivity index (χ0v) is 21.4. The van der Waals surface area contributed by atoms with E-state index in [9.17, 15) is 19.2 Å². The fourth-order valence-electron chi connectivity index (χ4n) is 3.92. The van der Waals surface area contributed by atoms with Crippen LogP contribution in [0.2, 0.25) is 0 Å². The maximum atomic E-state index is 13.2. The number of aliphatic imine (C=N–C) groups is 1. The first-order valence-electron chi connectivity index (χ1n) is 12.4. The third-order valence-electron chi connectivity index (χ3n) is 5.93. The maximum Gasteiger partial charge on any atom is 0.251 e. The molecule has 39 heavy (non-hydrogen) atoms. The third kappa shape index (κ3) is 8.81. The highest BCUT2D eigenvalue weighted by atomic mass is 16.2. The SMILES string of the molecule is NC(=O)[C@H](Cc1ccccc1)NC(=O)[C@H](CCCN=C(N)N)NC(=O)c1cccc(C(=O)c2ccccc2)c1. The average Bonchev–Trinajstić information content (AvgIpc) is 2.94. The van der Waals surface area contributed by atoms with Crippen LogP contribution in [0.1, 0.15) is 44.7 Å².